The van der Waals surface area contributed by atoms with Gasteiger partial charge in [0.05, 0.1) is 12.8 Å². The predicted molar refractivity (Wildman–Crippen MR) is 106 cm³/mol. The van der Waals surface area contributed by atoms with Crippen molar-refractivity contribution in [3.8, 4) is 17.0 Å². The van der Waals surface area contributed by atoms with Crippen LogP contribution in [-0.4, -0.2) is 18.0 Å². The van der Waals surface area contributed by atoms with E-state index in [2.05, 4.69) is 10.3 Å². The van der Waals surface area contributed by atoms with Gasteiger partial charge in [0.2, 0.25) is 0 Å². The number of nitrogens with one attached hydrogen (secondary N) is 1. The van der Waals surface area contributed by atoms with E-state index in [9.17, 15) is 4.79 Å². The highest BCUT2D eigenvalue weighted by molar-refractivity contribution is 7.14. The molecule has 128 valence electrons. The SMILES string of the molecule is COc1cccc(-c2csc(NC(=O)c3cccc4ccccc34)n2)c1. The Labute approximate surface area is 155 Å². The average Bonchev–Trinajstić information content (AvgIpc) is 3.16. The van der Waals surface area contributed by atoms with Gasteiger partial charge in [0.1, 0.15) is 5.75 Å². The molecule has 26 heavy (non-hydrogen) atoms. The molecule has 0 radical (unpaired) electrons. The second kappa shape index (κ2) is 6.98. The number of hydrogen-bond donors (Lipinski definition) is 1. The number of fused-ring (bicyclic) bond motifs is 1. The van der Waals surface area contributed by atoms with E-state index in [0.717, 1.165) is 27.8 Å². The van der Waals surface area contributed by atoms with Crippen molar-refractivity contribution in [3.63, 3.8) is 0 Å². The minimum Gasteiger partial charge on any atom is -0.497 e. The Morgan fingerprint density at radius 3 is 2.73 bits per heavy atom. The third-order valence-electron chi connectivity index (χ3n) is 4.12. The number of benzene rings is 3. The van der Waals surface area contributed by atoms with Gasteiger partial charge < -0.3 is 4.74 Å². The van der Waals surface area contributed by atoms with Crippen LogP contribution in [0.1, 0.15) is 10.4 Å². The Morgan fingerprint density at radius 1 is 1.04 bits per heavy atom. The summed E-state index contributed by atoms with van der Waals surface area (Å²) in [6.45, 7) is 0. The lowest BCUT2D eigenvalue weighted by molar-refractivity contribution is 0.102. The molecule has 0 aliphatic carbocycles. The van der Waals surface area contributed by atoms with E-state index in [1.165, 1.54) is 11.3 Å². The first-order chi connectivity index (χ1) is 12.7. The highest BCUT2D eigenvalue weighted by atomic mass is 32.1. The Kier molecular flexibility index (Phi) is 4.37. The fourth-order valence-electron chi connectivity index (χ4n) is 2.83. The number of amides is 1. The van der Waals surface area contributed by atoms with Gasteiger partial charge in [0.15, 0.2) is 5.13 Å². The van der Waals surface area contributed by atoms with Gasteiger partial charge in [-0.3, -0.25) is 10.1 Å². The minimum absolute atomic E-state index is 0.159. The number of methoxy groups -OCH3 is 1. The summed E-state index contributed by atoms with van der Waals surface area (Å²) in [6.07, 6.45) is 0. The van der Waals surface area contributed by atoms with Crippen molar-refractivity contribution < 1.29 is 9.53 Å². The molecule has 0 aliphatic rings. The first-order valence-electron chi connectivity index (χ1n) is 8.13. The summed E-state index contributed by atoms with van der Waals surface area (Å²) in [4.78, 5) is 17.2. The zero-order chi connectivity index (χ0) is 17.9. The fourth-order valence-corrected chi connectivity index (χ4v) is 3.55. The van der Waals surface area contributed by atoms with Crippen LogP contribution in [0.2, 0.25) is 0 Å². The maximum atomic E-state index is 12.7. The lowest BCUT2D eigenvalue weighted by Gasteiger charge is -2.06. The normalized spacial score (nSPS) is 10.7. The van der Waals surface area contributed by atoms with Crippen molar-refractivity contribution in [2.24, 2.45) is 0 Å². The first kappa shape index (κ1) is 16.3. The molecule has 4 nitrogen and oxygen atoms in total. The van der Waals surface area contributed by atoms with Crippen LogP contribution in [0.5, 0.6) is 5.75 Å². The van der Waals surface area contributed by atoms with Crippen molar-refractivity contribution in [1.82, 2.24) is 4.98 Å². The van der Waals surface area contributed by atoms with Gasteiger partial charge in [0.25, 0.3) is 5.91 Å². The van der Waals surface area contributed by atoms with E-state index in [1.54, 1.807) is 7.11 Å². The maximum absolute atomic E-state index is 12.7. The van der Waals surface area contributed by atoms with E-state index in [4.69, 9.17) is 4.74 Å². The molecule has 0 bridgehead atoms. The molecule has 0 unspecified atom stereocenters. The molecular weight excluding hydrogens is 344 g/mol. The topological polar surface area (TPSA) is 51.2 Å². The fraction of sp³-hybridized carbons (Fsp3) is 0.0476. The molecule has 0 saturated carbocycles. The van der Waals surface area contributed by atoms with Gasteiger partial charge in [-0.1, -0.05) is 48.5 Å². The molecular formula is C21H16N2O2S. The number of carbonyl (C=O) groups is 1. The number of hydrogen-bond acceptors (Lipinski definition) is 4. The van der Waals surface area contributed by atoms with E-state index >= 15 is 0 Å². The van der Waals surface area contributed by atoms with Gasteiger partial charge in [0, 0.05) is 16.5 Å². The number of nitrogens with zero attached hydrogens (tertiary/aromatic N) is 1. The van der Waals surface area contributed by atoms with Crippen LogP contribution in [0, 0.1) is 0 Å². The van der Waals surface area contributed by atoms with Crippen LogP contribution in [0.25, 0.3) is 22.0 Å². The largest absolute Gasteiger partial charge is 0.497 e. The second-order valence-corrected chi connectivity index (χ2v) is 6.61. The van der Waals surface area contributed by atoms with Gasteiger partial charge in [-0.15, -0.1) is 11.3 Å². The quantitative estimate of drug-likeness (QED) is 0.542. The Hall–Kier alpha value is -3.18. The number of aromatic nitrogens is 1. The van der Waals surface area contributed by atoms with Crippen molar-refractivity contribution >= 4 is 33.1 Å². The van der Waals surface area contributed by atoms with Crippen LogP contribution in [0.4, 0.5) is 5.13 Å². The average molecular weight is 360 g/mol. The number of thiazole rings is 1. The molecule has 0 atom stereocenters. The maximum Gasteiger partial charge on any atom is 0.258 e. The molecule has 5 heteroatoms. The zero-order valence-corrected chi connectivity index (χ0v) is 14.9. The highest BCUT2D eigenvalue weighted by Gasteiger charge is 2.12. The molecule has 4 aromatic rings. The molecule has 3 aromatic carbocycles. The smallest absolute Gasteiger partial charge is 0.258 e. The highest BCUT2D eigenvalue weighted by Crippen LogP contribution is 2.28. The Balaban J connectivity index is 1.60. The molecule has 1 amide bonds. The summed E-state index contributed by atoms with van der Waals surface area (Å²) in [5.74, 6) is 0.616. The van der Waals surface area contributed by atoms with Gasteiger partial charge in [-0.2, -0.15) is 0 Å². The van der Waals surface area contributed by atoms with Crippen LogP contribution in [-0.2, 0) is 0 Å². The van der Waals surface area contributed by atoms with Crippen molar-refractivity contribution in [2.75, 3.05) is 12.4 Å². The molecule has 0 aliphatic heterocycles. The lowest BCUT2D eigenvalue weighted by Crippen LogP contribution is -2.12. The molecule has 0 spiro atoms. The first-order valence-corrected chi connectivity index (χ1v) is 9.01. The second-order valence-electron chi connectivity index (χ2n) is 5.75. The summed E-state index contributed by atoms with van der Waals surface area (Å²) in [6, 6.07) is 21.3. The van der Waals surface area contributed by atoms with Gasteiger partial charge >= 0.3 is 0 Å². The van der Waals surface area contributed by atoms with E-state index < -0.39 is 0 Å². The summed E-state index contributed by atoms with van der Waals surface area (Å²) < 4.78 is 5.25. The monoisotopic (exact) mass is 360 g/mol. The summed E-state index contributed by atoms with van der Waals surface area (Å²) in [7, 11) is 1.63. The van der Waals surface area contributed by atoms with Crippen LogP contribution < -0.4 is 10.1 Å². The van der Waals surface area contributed by atoms with E-state index in [0.29, 0.717) is 10.7 Å². The minimum atomic E-state index is -0.159. The Bertz CT molecular complexity index is 1080. The molecule has 4 rings (SSSR count). The molecule has 1 heterocycles. The number of rotatable bonds is 4. The molecule has 0 saturated heterocycles. The van der Waals surface area contributed by atoms with Crippen molar-refractivity contribution in [1.29, 1.82) is 0 Å². The third-order valence-corrected chi connectivity index (χ3v) is 4.88. The number of ether oxygens (including phenoxy) is 1. The predicted octanol–water partition coefficient (Wildman–Crippen LogP) is 5.22. The van der Waals surface area contributed by atoms with Crippen LogP contribution >= 0.6 is 11.3 Å². The zero-order valence-electron chi connectivity index (χ0n) is 14.1. The van der Waals surface area contributed by atoms with Crippen LogP contribution in [0.15, 0.2) is 72.1 Å². The Morgan fingerprint density at radius 2 is 1.85 bits per heavy atom. The molecule has 1 N–H and O–H groups in total. The summed E-state index contributed by atoms with van der Waals surface area (Å²) in [5.41, 5.74) is 2.40. The van der Waals surface area contributed by atoms with E-state index in [-0.39, 0.29) is 5.91 Å². The molecule has 0 fully saturated rings. The van der Waals surface area contributed by atoms with Crippen LogP contribution in [0.3, 0.4) is 0 Å². The third kappa shape index (κ3) is 3.17. The van der Waals surface area contributed by atoms with Gasteiger partial charge in [-0.25, -0.2) is 4.98 Å². The number of anilines is 1. The van der Waals surface area contributed by atoms with Crippen molar-refractivity contribution in [2.45, 2.75) is 0 Å². The molecule has 1 aromatic heterocycles. The summed E-state index contributed by atoms with van der Waals surface area (Å²) in [5, 5.41) is 7.37. The standard InChI is InChI=1S/C21H16N2O2S/c1-25-16-9-4-8-15(12-16)19-13-26-21(22-19)23-20(24)18-11-5-7-14-6-2-3-10-17(14)18/h2-13H,1H3,(H,22,23,24). The summed E-state index contributed by atoms with van der Waals surface area (Å²) >= 11 is 1.40. The van der Waals surface area contributed by atoms with Gasteiger partial charge in [-0.05, 0) is 29.0 Å². The van der Waals surface area contributed by atoms with E-state index in [1.807, 2.05) is 72.1 Å². The van der Waals surface area contributed by atoms with Crippen molar-refractivity contribution in [3.05, 3.63) is 77.7 Å². The number of carbonyl (C=O) groups excluding carboxylic acids is 1. The lowest BCUT2D eigenvalue weighted by atomic mass is 10.0.